The Morgan fingerprint density at radius 2 is 1.91 bits per heavy atom. The molecule has 10 heteroatoms. The molecule has 200 valence electrons. The Morgan fingerprint density at radius 3 is 2.66 bits per heavy atom. The predicted molar refractivity (Wildman–Crippen MR) is 133 cm³/mol. The molecule has 0 aliphatic carbocycles. The molecule has 9 nitrogen and oxygen atoms in total. The van der Waals surface area contributed by atoms with Gasteiger partial charge in [0.1, 0.15) is 35.9 Å². The van der Waals surface area contributed by atoms with Crippen LogP contribution in [0.15, 0.2) is 12.2 Å². The van der Waals surface area contributed by atoms with E-state index in [0.29, 0.717) is 31.3 Å². The third-order valence-electron chi connectivity index (χ3n) is 7.77. The van der Waals surface area contributed by atoms with Crippen molar-refractivity contribution in [2.75, 3.05) is 19.8 Å². The van der Waals surface area contributed by atoms with Gasteiger partial charge in [-0.3, -0.25) is 4.79 Å². The number of hydrogen-bond acceptors (Lipinski definition) is 9. The van der Waals surface area contributed by atoms with E-state index in [1.54, 1.807) is 0 Å². The van der Waals surface area contributed by atoms with Crippen molar-refractivity contribution in [2.24, 2.45) is 17.8 Å². The number of amides is 1. The number of thioether (sulfide) groups is 1. The van der Waals surface area contributed by atoms with Gasteiger partial charge in [-0.15, -0.1) is 11.8 Å². The second-order valence-corrected chi connectivity index (χ2v) is 12.3. The number of fused-ring (bicyclic) bond motifs is 3. The van der Waals surface area contributed by atoms with Gasteiger partial charge < -0.3 is 40.5 Å². The molecule has 3 fully saturated rings. The summed E-state index contributed by atoms with van der Waals surface area (Å²) >= 11 is 1.24. The fraction of sp³-hybridized carbons (Fsp3) is 0.880. The zero-order chi connectivity index (χ0) is 25.1. The number of rotatable bonds is 5. The monoisotopic (exact) mass is 514 g/mol. The molecule has 4 aliphatic heterocycles. The van der Waals surface area contributed by atoms with Gasteiger partial charge in [0, 0.05) is 18.4 Å². The van der Waals surface area contributed by atoms with Gasteiger partial charge in [0.25, 0.3) is 0 Å². The van der Waals surface area contributed by atoms with Crippen LogP contribution in [-0.2, 0) is 14.3 Å². The van der Waals surface area contributed by atoms with Gasteiger partial charge in [-0.1, -0.05) is 26.0 Å². The van der Waals surface area contributed by atoms with E-state index in [4.69, 9.17) is 9.47 Å². The lowest BCUT2D eigenvalue weighted by Gasteiger charge is -2.44. The first kappa shape index (κ1) is 27.3. The summed E-state index contributed by atoms with van der Waals surface area (Å²) in [5, 5.41) is 47.6. The molecular weight excluding hydrogens is 472 g/mol. The largest absolute Gasteiger partial charge is 0.395 e. The molecule has 11 atom stereocenters. The number of nitrogens with one attached hydrogen (secondary N) is 2. The molecule has 0 unspecified atom stereocenters. The number of aliphatic hydroxyl groups is 4. The molecule has 0 aromatic heterocycles. The summed E-state index contributed by atoms with van der Waals surface area (Å²) in [6, 6.07) is -1.08. The SMILES string of the molecule is CC(C)C[C@@H]1CCO[C@@H]2[C@H](CN[C@@H]2C(=O)N[C@@H]2C/C=C\C[C@@H](CO)S[C@H]3O[C@H]2[C@H](O)[C@H](O)[C@H]3O)C1. The van der Waals surface area contributed by atoms with Crippen molar-refractivity contribution < 1.29 is 34.7 Å². The van der Waals surface area contributed by atoms with Crippen molar-refractivity contribution in [3.63, 3.8) is 0 Å². The van der Waals surface area contributed by atoms with Crippen molar-refractivity contribution in [1.29, 1.82) is 0 Å². The van der Waals surface area contributed by atoms with E-state index in [1.807, 2.05) is 12.2 Å². The smallest absolute Gasteiger partial charge is 0.240 e. The van der Waals surface area contributed by atoms with E-state index in [1.165, 1.54) is 18.2 Å². The second-order valence-electron chi connectivity index (χ2n) is 10.9. The Morgan fingerprint density at radius 1 is 1.14 bits per heavy atom. The topological polar surface area (TPSA) is 141 Å². The fourth-order valence-corrected chi connectivity index (χ4v) is 7.19. The van der Waals surface area contributed by atoms with Gasteiger partial charge >= 0.3 is 0 Å². The number of allylic oxidation sites excluding steroid dienone is 1. The molecule has 4 aliphatic rings. The zero-order valence-corrected chi connectivity index (χ0v) is 21.5. The first-order valence-electron chi connectivity index (χ1n) is 13.0. The first-order valence-corrected chi connectivity index (χ1v) is 14.0. The number of ether oxygens (including phenoxy) is 2. The molecule has 0 saturated carbocycles. The lowest BCUT2D eigenvalue weighted by Crippen LogP contribution is -2.64. The van der Waals surface area contributed by atoms with Crippen LogP contribution in [-0.4, -0.2) is 99.4 Å². The van der Waals surface area contributed by atoms with Gasteiger partial charge in [-0.2, -0.15) is 0 Å². The average molecular weight is 515 g/mol. The molecule has 35 heavy (non-hydrogen) atoms. The molecule has 4 rings (SSSR count). The molecule has 6 N–H and O–H groups in total. The second kappa shape index (κ2) is 12.2. The number of carbonyl (C=O) groups is 1. The standard InChI is InChI=1S/C25H42N2O7S/c1-13(2)9-14-7-8-33-22-15(10-14)11-26-18(22)24(32)27-17-6-4-3-5-16(12-28)35-25-21(31)19(29)20(30)23(17)34-25/h3-4,13-23,25-26,28-31H,5-12H2,1-2H3,(H,27,32)/b4-3-/t14-,15-,16-,17+,18-,19-,20+,21+,22+,23+,25+/m0/s1. The Labute approximate surface area is 212 Å². The average Bonchev–Trinajstić information content (AvgIpc) is 3.11. The Balaban J connectivity index is 1.46. The van der Waals surface area contributed by atoms with E-state index in [-0.39, 0.29) is 29.8 Å². The van der Waals surface area contributed by atoms with Crippen LogP contribution in [0.3, 0.4) is 0 Å². The van der Waals surface area contributed by atoms with E-state index < -0.39 is 41.9 Å². The maximum absolute atomic E-state index is 13.4. The highest BCUT2D eigenvalue weighted by Gasteiger charge is 2.49. The van der Waals surface area contributed by atoms with Gasteiger partial charge in [0.05, 0.1) is 18.8 Å². The summed E-state index contributed by atoms with van der Waals surface area (Å²) in [5.74, 6) is 1.32. The third kappa shape index (κ3) is 6.41. The van der Waals surface area contributed by atoms with E-state index in [0.717, 1.165) is 19.4 Å². The molecule has 2 bridgehead atoms. The zero-order valence-electron chi connectivity index (χ0n) is 20.7. The van der Waals surface area contributed by atoms with Crippen LogP contribution in [0.25, 0.3) is 0 Å². The van der Waals surface area contributed by atoms with E-state index in [2.05, 4.69) is 24.5 Å². The minimum atomic E-state index is -1.41. The maximum Gasteiger partial charge on any atom is 0.240 e. The van der Waals surface area contributed by atoms with Crippen LogP contribution in [0.4, 0.5) is 0 Å². The predicted octanol–water partition coefficient (Wildman–Crippen LogP) is 0.152. The third-order valence-corrected chi connectivity index (χ3v) is 9.15. The van der Waals surface area contributed by atoms with Crippen LogP contribution in [0, 0.1) is 17.8 Å². The van der Waals surface area contributed by atoms with Gasteiger partial charge in [0.15, 0.2) is 0 Å². The van der Waals surface area contributed by atoms with Crippen LogP contribution in [0.5, 0.6) is 0 Å². The molecule has 0 spiro atoms. The summed E-state index contributed by atoms with van der Waals surface area (Å²) in [6.07, 6.45) is 2.88. The van der Waals surface area contributed by atoms with Crippen LogP contribution in [0.1, 0.15) is 46.0 Å². The highest BCUT2D eigenvalue weighted by molar-refractivity contribution is 8.00. The lowest BCUT2D eigenvalue weighted by atomic mass is 9.85. The van der Waals surface area contributed by atoms with Crippen molar-refractivity contribution in [1.82, 2.24) is 10.6 Å². The molecule has 3 saturated heterocycles. The highest BCUT2D eigenvalue weighted by Crippen LogP contribution is 2.36. The number of hydrogen-bond donors (Lipinski definition) is 6. The quantitative estimate of drug-likeness (QED) is 0.283. The minimum absolute atomic E-state index is 0.0982. The highest BCUT2D eigenvalue weighted by atomic mass is 32.2. The summed E-state index contributed by atoms with van der Waals surface area (Å²) in [7, 11) is 0. The molecular formula is C25H42N2O7S. The Hall–Kier alpha value is -0.720. The van der Waals surface area contributed by atoms with Gasteiger partial charge in [-0.05, 0) is 49.9 Å². The van der Waals surface area contributed by atoms with Gasteiger partial charge in [0.2, 0.25) is 5.91 Å². The van der Waals surface area contributed by atoms with E-state index >= 15 is 0 Å². The molecule has 1 amide bonds. The number of carbonyl (C=O) groups excluding carboxylic acids is 1. The van der Waals surface area contributed by atoms with Crippen molar-refractivity contribution in [3.8, 4) is 0 Å². The summed E-state index contributed by atoms with van der Waals surface area (Å²) < 4.78 is 12.2. The summed E-state index contributed by atoms with van der Waals surface area (Å²) in [5.41, 5.74) is -0.821. The van der Waals surface area contributed by atoms with Crippen LogP contribution in [0.2, 0.25) is 0 Å². The molecule has 0 radical (unpaired) electrons. The normalized spacial score (nSPS) is 45.4. The van der Waals surface area contributed by atoms with Crippen molar-refractivity contribution >= 4 is 17.7 Å². The van der Waals surface area contributed by atoms with Crippen molar-refractivity contribution in [2.45, 2.75) is 99.2 Å². The fourth-order valence-electron chi connectivity index (χ4n) is 5.99. The van der Waals surface area contributed by atoms with Crippen LogP contribution >= 0.6 is 11.8 Å². The van der Waals surface area contributed by atoms with Crippen molar-refractivity contribution in [3.05, 3.63) is 12.2 Å². The van der Waals surface area contributed by atoms with Crippen LogP contribution < -0.4 is 10.6 Å². The summed E-state index contributed by atoms with van der Waals surface area (Å²) in [4.78, 5) is 13.4. The van der Waals surface area contributed by atoms with E-state index in [9.17, 15) is 25.2 Å². The molecule has 0 aromatic rings. The first-order chi connectivity index (χ1) is 16.8. The van der Waals surface area contributed by atoms with Gasteiger partial charge in [-0.25, -0.2) is 0 Å². The minimum Gasteiger partial charge on any atom is -0.395 e. The Bertz CT molecular complexity index is 741. The Kier molecular flexibility index (Phi) is 9.53. The maximum atomic E-state index is 13.4. The molecule has 0 aromatic carbocycles. The molecule has 4 heterocycles. The number of aliphatic hydroxyl groups excluding tert-OH is 4. The lowest BCUT2D eigenvalue weighted by molar-refractivity contribution is -0.205. The summed E-state index contributed by atoms with van der Waals surface area (Å²) in [6.45, 7) is 5.76.